The van der Waals surface area contributed by atoms with Gasteiger partial charge < -0.3 is 5.32 Å². The van der Waals surface area contributed by atoms with E-state index in [4.69, 9.17) is 5.26 Å². The van der Waals surface area contributed by atoms with Crippen molar-refractivity contribution >= 4 is 5.69 Å². The lowest BCUT2D eigenvalue weighted by molar-refractivity contribution is 0.274. The molecular formula is C14H19N3. The van der Waals surface area contributed by atoms with Crippen LogP contribution in [0.4, 0.5) is 5.69 Å². The number of hydrogen-bond acceptors (Lipinski definition) is 3. The Morgan fingerprint density at radius 3 is 2.94 bits per heavy atom. The Labute approximate surface area is 103 Å². The van der Waals surface area contributed by atoms with Crippen LogP contribution in [-0.4, -0.2) is 30.1 Å². The van der Waals surface area contributed by atoms with Crippen LogP contribution in [0.3, 0.4) is 0 Å². The van der Waals surface area contributed by atoms with Crippen LogP contribution in [0, 0.1) is 11.3 Å². The van der Waals surface area contributed by atoms with Crippen LogP contribution in [0.1, 0.15) is 25.8 Å². The van der Waals surface area contributed by atoms with Crippen LogP contribution in [0.2, 0.25) is 0 Å². The SMILES string of the molecule is CC(C)N1CCC(Nc2cccc(C#N)c2)C1. The van der Waals surface area contributed by atoms with Gasteiger partial charge in [-0.25, -0.2) is 0 Å². The molecule has 0 saturated carbocycles. The quantitative estimate of drug-likeness (QED) is 0.865. The smallest absolute Gasteiger partial charge is 0.0992 e. The number of nitriles is 1. The van der Waals surface area contributed by atoms with Gasteiger partial charge in [-0.05, 0) is 38.5 Å². The molecule has 1 unspecified atom stereocenters. The van der Waals surface area contributed by atoms with Crippen LogP contribution >= 0.6 is 0 Å². The molecule has 1 aliphatic rings. The number of hydrogen-bond donors (Lipinski definition) is 1. The van der Waals surface area contributed by atoms with Gasteiger partial charge in [-0.1, -0.05) is 6.07 Å². The van der Waals surface area contributed by atoms with Crippen molar-refractivity contribution in [3.8, 4) is 6.07 Å². The highest BCUT2D eigenvalue weighted by molar-refractivity contribution is 5.49. The number of nitrogens with one attached hydrogen (secondary N) is 1. The Balaban J connectivity index is 1.96. The number of likely N-dealkylation sites (tertiary alicyclic amines) is 1. The summed E-state index contributed by atoms with van der Waals surface area (Å²) in [5.74, 6) is 0. The maximum atomic E-state index is 8.85. The van der Waals surface area contributed by atoms with E-state index in [1.165, 1.54) is 6.42 Å². The molecule has 1 aromatic carbocycles. The molecule has 1 atom stereocenters. The van der Waals surface area contributed by atoms with E-state index in [0.717, 1.165) is 18.8 Å². The molecule has 0 spiro atoms. The first-order valence-electron chi connectivity index (χ1n) is 6.20. The number of benzene rings is 1. The van der Waals surface area contributed by atoms with Crippen molar-refractivity contribution in [1.29, 1.82) is 5.26 Å². The van der Waals surface area contributed by atoms with Gasteiger partial charge in [0.15, 0.2) is 0 Å². The minimum Gasteiger partial charge on any atom is -0.381 e. The van der Waals surface area contributed by atoms with Gasteiger partial charge in [-0.2, -0.15) is 5.26 Å². The normalized spacial score (nSPS) is 20.5. The molecule has 17 heavy (non-hydrogen) atoms. The standard InChI is InChI=1S/C14H19N3/c1-11(2)17-7-6-14(10-17)16-13-5-3-4-12(8-13)9-15/h3-5,8,11,14,16H,6-7,10H2,1-2H3. The maximum absolute atomic E-state index is 8.85. The van der Waals surface area contributed by atoms with Crippen LogP contribution in [0.5, 0.6) is 0 Å². The maximum Gasteiger partial charge on any atom is 0.0992 e. The summed E-state index contributed by atoms with van der Waals surface area (Å²) >= 11 is 0. The fourth-order valence-electron chi connectivity index (χ4n) is 2.29. The lowest BCUT2D eigenvalue weighted by Gasteiger charge is -2.20. The fourth-order valence-corrected chi connectivity index (χ4v) is 2.29. The van der Waals surface area contributed by atoms with Gasteiger partial charge in [-0.3, -0.25) is 4.90 Å². The Hall–Kier alpha value is -1.53. The summed E-state index contributed by atoms with van der Waals surface area (Å²) in [6.07, 6.45) is 1.18. The molecule has 1 aliphatic heterocycles. The van der Waals surface area contributed by atoms with Crippen molar-refractivity contribution in [2.45, 2.75) is 32.4 Å². The second-order valence-electron chi connectivity index (χ2n) is 4.91. The van der Waals surface area contributed by atoms with Crippen LogP contribution in [0.25, 0.3) is 0 Å². The highest BCUT2D eigenvalue weighted by Crippen LogP contribution is 2.18. The highest BCUT2D eigenvalue weighted by Gasteiger charge is 2.23. The number of anilines is 1. The molecule has 0 amide bonds. The molecule has 1 aromatic rings. The average molecular weight is 229 g/mol. The van der Waals surface area contributed by atoms with E-state index >= 15 is 0 Å². The fraction of sp³-hybridized carbons (Fsp3) is 0.500. The summed E-state index contributed by atoms with van der Waals surface area (Å²) in [6, 6.07) is 11.0. The molecule has 1 N–H and O–H groups in total. The highest BCUT2D eigenvalue weighted by atomic mass is 15.2. The number of rotatable bonds is 3. The topological polar surface area (TPSA) is 39.1 Å². The molecule has 0 bridgehead atoms. The minimum absolute atomic E-state index is 0.506. The summed E-state index contributed by atoms with van der Waals surface area (Å²) < 4.78 is 0. The van der Waals surface area contributed by atoms with E-state index in [-0.39, 0.29) is 0 Å². The Morgan fingerprint density at radius 1 is 1.47 bits per heavy atom. The van der Waals surface area contributed by atoms with E-state index in [1.807, 2.05) is 24.3 Å². The van der Waals surface area contributed by atoms with Gasteiger partial charge in [0.1, 0.15) is 0 Å². The molecule has 2 rings (SSSR count). The molecule has 1 saturated heterocycles. The predicted molar refractivity (Wildman–Crippen MR) is 69.9 cm³/mol. The summed E-state index contributed by atoms with van der Waals surface area (Å²) in [6.45, 7) is 6.72. The first-order chi connectivity index (χ1) is 8.19. The molecule has 1 heterocycles. The zero-order valence-electron chi connectivity index (χ0n) is 10.5. The van der Waals surface area contributed by atoms with E-state index in [9.17, 15) is 0 Å². The molecule has 1 fully saturated rings. The monoisotopic (exact) mass is 229 g/mol. The molecular weight excluding hydrogens is 210 g/mol. The van der Waals surface area contributed by atoms with Gasteiger partial charge in [-0.15, -0.1) is 0 Å². The number of nitrogens with zero attached hydrogens (tertiary/aromatic N) is 2. The Kier molecular flexibility index (Phi) is 3.65. The van der Waals surface area contributed by atoms with Crippen molar-refractivity contribution in [1.82, 2.24) is 4.90 Å². The third-order valence-electron chi connectivity index (χ3n) is 3.31. The van der Waals surface area contributed by atoms with Crippen LogP contribution in [0.15, 0.2) is 24.3 Å². The van der Waals surface area contributed by atoms with E-state index in [2.05, 4.69) is 30.1 Å². The van der Waals surface area contributed by atoms with E-state index in [1.54, 1.807) is 0 Å². The second-order valence-corrected chi connectivity index (χ2v) is 4.91. The largest absolute Gasteiger partial charge is 0.381 e. The zero-order valence-corrected chi connectivity index (χ0v) is 10.5. The molecule has 0 aliphatic carbocycles. The molecule has 0 radical (unpaired) electrons. The van der Waals surface area contributed by atoms with Crippen LogP contribution < -0.4 is 5.32 Å². The predicted octanol–water partition coefficient (Wildman–Crippen LogP) is 2.45. The zero-order chi connectivity index (χ0) is 12.3. The second kappa shape index (κ2) is 5.20. The summed E-state index contributed by atoms with van der Waals surface area (Å²) in [5, 5.41) is 12.4. The van der Waals surface area contributed by atoms with E-state index in [0.29, 0.717) is 17.6 Å². The molecule has 0 aromatic heterocycles. The van der Waals surface area contributed by atoms with Gasteiger partial charge in [0.25, 0.3) is 0 Å². The van der Waals surface area contributed by atoms with Gasteiger partial charge in [0.2, 0.25) is 0 Å². The minimum atomic E-state index is 0.506. The van der Waals surface area contributed by atoms with Gasteiger partial charge in [0.05, 0.1) is 11.6 Å². The van der Waals surface area contributed by atoms with Gasteiger partial charge >= 0.3 is 0 Å². The lowest BCUT2D eigenvalue weighted by Crippen LogP contribution is -2.31. The third-order valence-corrected chi connectivity index (χ3v) is 3.31. The van der Waals surface area contributed by atoms with Crippen molar-refractivity contribution in [2.24, 2.45) is 0 Å². The van der Waals surface area contributed by atoms with Crippen molar-refractivity contribution < 1.29 is 0 Å². The first kappa shape index (κ1) is 11.9. The van der Waals surface area contributed by atoms with Crippen molar-refractivity contribution in [2.75, 3.05) is 18.4 Å². The molecule has 3 nitrogen and oxygen atoms in total. The summed E-state index contributed by atoms with van der Waals surface area (Å²) in [5.41, 5.74) is 1.77. The van der Waals surface area contributed by atoms with E-state index < -0.39 is 0 Å². The van der Waals surface area contributed by atoms with Gasteiger partial charge in [0, 0.05) is 30.9 Å². The Bertz CT molecular complexity index is 420. The Morgan fingerprint density at radius 2 is 2.29 bits per heavy atom. The lowest BCUT2D eigenvalue weighted by atomic mass is 10.2. The molecule has 90 valence electrons. The van der Waals surface area contributed by atoms with Crippen molar-refractivity contribution in [3.63, 3.8) is 0 Å². The third kappa shape index (κ3) is 2.98. The summed E-state index contributed by atoms with van der Waals surface area (Å²) in [4.78, 5) is 2.48. The first-order valence-corrected chi connectivity index (χ1v) is 6.20. The van der Waals surface area contributed by atoms with Crippen molar-refractivity contribution in [3.05, 3.63) is 29.8 Å². The average Bonchev–Trinajstić information content (AvgIpc) is 2.78. The summed E-state index contributed by atoms with van der Waals surface area (Å²) in [7, 11) is 0. The van der Waals surface area contributed by atoms with Crippen LogP contribution in [-0.2, 0) is 0 Å². The molecule has 3 heteroatoms.